The van der Waals surface area contributed by atoms with Crippen LogP contribution in [0.1, 0.15) is 0 Å². The molecule has 0 radical (unpaired) electrons. The molecular formula is C52H36N2. The Labute approximate surface area is 315 Å². The van der Waals surface area contributed by atoms with Crippen molar-refractivity contribution >= 4 is 77.2 Å². The van der Waals surface area contributed by atoms with Crippen LogP contribution in [0.3, 0.4) is 0 Å². The number of hydrogen-bond acceptors (Lipinski definition) is 2. The Morgan fingerprint density at radius 2 is 0.722 bits per heavy atom. The van der Waals surface area contributed by atoms with Crippen LogP contribution in [0.25, 0.3) is 54.2 Å². The maximum atomic E-state index is 2.40. The van der Waals surface area contributed by atoms with Crippen LogP contribution in [0.5, 0.6) is 0 Å². The van der Waals surface area contributed by atoms with Gasteiger partial charge in [-0.3, -0.25) is 0 Å². The number of para-hydroxylation sites is 4. The first-order valence-electron chi connectivity index (χ1n) is 18.5. The predicted molar refractivity (Wildman–Crippen MR) is 231 cm³/mol. The van der Waals surface area contributed by atoms with Crippen molar-refractivity contribution in [3.63, 3.8) is 0 Å². The van der Waals surface area contributed by atoms with Gasteiger partial charge in [0.1, 0.15) is 0 Å². The highest BCUT2D eigenvalue weighted by molar-refractivity contribution is 6.32. The van der Waals surface area contributed by atoms with Crippen LogP contribution in [-0.4, -0.2) is 0 Å². The summed E-state index contributed by atoms with van der Waals surface area (Å²) in [6.07, 6.45) is 0. The summed E-state index contributed by atoms with van der Waals surface area (Å²) in [6.45, 7) is 0. The standard InChI is InChI=1S/C52H36N2/c1-5-17-37(18-6-1)44-25-15-16-28-51(44)54(41-23-11-4-12-24-41)43-31-34-47-49-32-29-38-35-42(53(39-19-7-2-8-20-39)40-21-9-3-10-22-40)30-33-45(38)52(49)48-27-14-13-26-46(48)50(47)36-43/h1-36H. The quantitative estimate of drug-likeness (QED) is 0.154. The Bertz CT molecular complexity index is 2860. The topological polar surface area (TPSA) is 6.48 Å². The molecule has 0 amide bonds. The lowest BCUT2D eigenvalue weighted by Gasteiger charge is -2.28. The summed E-state index contributed by atoms with van der Waals surface area (Å²) in [5.41, 5.74) is 9.15. The van der Waals surface area contributed by atoms with Gasteiger partial charge in [-0.2, -0.15) is 0 Å². The van der Waals surface area contributed by atoms with Crippen LogP contribution in [0.15, 0.2) is 218 Å². The lowest BCUT2D eigenvalue weighted by Crippen LogP contribution is -2.11. The lowest BCUT2D eigenvalue weighted by atomic mass is 9.90. The number of nitrogens with zero attached hydrogens (tertiary/aromatic N) is 2. The molecule has 10 rings (SSSR count). The van der Waals surface area contributed by atoms with E-state index < -0.39 is 0 Å². The van der Waals surface area contributed by atoms with E-state index in [1.807, 2.05) is 0 Å². The maximum absolute atomic E-state index is 2.40. The zero-order valence-corrected chi connectivity index (χ0v) is 29.7. The van der Waals surface area contributed by atoms with Gasteiger partial charge in [0.05, 0.1) is 5.69 Å². The molecule has 0 aliphatic rings. The molecule has 0 fully saturated rings. The first-order chi connectivity index (χ1) is 26.8. The maximum Gasteiger partial charge on any atom is 0.0540 e. The van der Waals surface area contributed by atoms with Crippen molar-refractivity contribution in [1.29, 1.82) is 0 Å². The zero-order chi connectivity index (χ0) is 35.8. The van der Waals surface area contributed by atoms with Crippen LogP contribution in [0.4, 0.5) is 34.1 Å². The Morgan fingerprint density at radius 3 is 1.39 bits per heavy atom. The van der Waals surface area contributed by atoms with Gasteiger partial charge in [-0.1, -0.05) is 152 Å². The van der Waals surface area contributed by atoms with Gasteiger partial charge in [-0.05, 0) is 115 Å². The van der Waals surface area contributed by atoms with Gasteiger partial charge >= 0.3 is 0 Å². The summed E-state index contributed by atoms with van der Waals surface area (Å²) >= 11 is 0. The fourth-order valence-electron chi connectivity index (χ4n) is 8.17. The Kier molecular flexibility index (Phi) is 7.85. The monoisotopic (exact) mass is 688 g/mol. The molecule has 0 unspecified atom stereocenters. The summed E-state index contributed by atoms with van der Waals surface area (Å²) in [7, 11) is 0. The smallest absolute Gasteiger partial charge is 0.0540 e. The number of fused-ring (bicyclic) bond motifs is 8. The molecule has 0 saturated carbocycles. The number of hydrogen-bond donors (Lipinski definition) is 0. The van der Waals surface area contributed by atoms with E-state index in [4.69, 9.17) is 0 Å². The van der Waals surface area contributed by atoms with Crippen LogP contribution in [-0.2, 0) is 0 Å². The number of anilines is 6. The summed E-state index contributed by atoms with van der Waals surface area (Å²) in [4.78, 5) is 4.73. The average molecular weight is 689 g/mol. The van der Waals surface area contributed by atoms with E-state index in [0.717, 1.165) is 34.1 Å². The molecule has 0 atom stereocenters. The van der Waals surface area contributed by atoms with Crippen LogP contribution in [0, 0.1) is 0 Å². The van der Waals surface area contributed by atoms with E-state index in [1.54, 1.807) is 0 Å². The Hall–Kier alpha value is -7.16. The molecule has 0 bridgehead atoms. The largest absolute Gasteiger partial charge is 0.310 e. The van der Waals surface area contributed by atoms with Crippen LogP contribution in [0.2, 0.25) is 0 Å². The summed E-state index contributed by atoms with van der Waals surface area (Å²) in [5, 5.41) is 10.0. The van der Waals surface area contributed by atoms with Crippen molar-refractivity contribution in [1.82, 2.24) is 0 Å². The van der Waals surface area contributed by atoms with Gasteiger partial charge in [0.2, 0.25) is 0 Å². The number of rotatable bonds is 7. The molecule has 0 spiro atoms. The normalized spacial score (nSPS) is 11.3. The fraction of sp³-hybridized carbons (Fsp3) is 0. The SMILES string of the molecule is c1ccc(-c2ccccc2N(c2ccccc2)c2ccc3c(c2)c2ccccc2c2c4ccc(N(c5ccccc5)c5ccccc5)cc4ccc32)cc1. The third kappa shape index (κ3) is 5.44. The fourth-order valence-corrected chi connectivity index (χ4v) is 8.17. The third-order valence-corrected chi connectivity index (χ3v) is 10.6. The first-order valence-corrected chi connectivity index (χ1v) is 18.5. The Balaban J connectivity index is 1.18. The summed E-state index contributed by atoms with van der Waals surface area (Å²) in [5.74, 6) is 0. The van der Waals surface area contributed by atoms with Gasteiger partial charge in [0, 0.05) is 34.0 Å². The van der Waals surface area contributed by atoms with Crippen molar-refractivity contribution < 1.29 is 0 Å². The molecule has 254 valence electrons. The highest BCUT2D eigenvalue weighted by Crippen LogP contribution is 2.45. The number of benzene rings is 10. The van der Waals surface area contributed by atoms with Gasteiger partial charge < -0.3 is 9.80 Å². The molecule has 0 heterocycles. The molecule has 2 heteroatoms. The van der Waals surface area contributed by atoms with E-state index in [0.29, 0.717) is 0 Å². The van der Waals surface area contributed by atoms with Crippen molar-refractivity contribution in [3.05, 3.63) is 218 Å². The molecule has 54 heavy (non-hydrogen) atoms. The van der Waals surface area contributed by atoms with Crippen LogP contribution < -0.4 is 9.80 Å². The average Bonchev–Trinajstić information content (AvgIpc) is 3.25. The second-order valence-electron chi connectivity index (χ2n) is 13.7. The van der Waals surface area contributed by atoms with E-state index in [-0.39, 0.29) is 0 Å². The van der Waals surface area contributed by atoms with Crippen molar-refractivity contribution in [3.8, 4) is 11.1 Å². The minimum atomic E-state index is 1.12. The molecule has 2 nitrogen and oxygen atoms in total. The first kappa shape index (κ1) is 31.6. The summed E-state index contributed by atoms with van der Waals surface area (Å²) < 4.78 is 0. The van der Waals surface area contributed by atoms with Gasteiger partial charge in [-0.25, -0.2) is 0 Å². The molecule has 10 aromatic rings. The minimum absolute atomic E-state index is 1.12. The van der Waals surface area contributed by atoms with E-state index >= 15 is 0 Å². The second kappa shape index (κ2) is 13.4. The van der Waals surface area contributed by atoms with Crippen molar-refractivity contribution in [2.75, 3.05) is 9.80 Å². The summed E-state index contributed by atoms with van der Waals surface area (Å²) in [6, 6.07) is 78.8. The minimum Gasteiger partial charge on any atom is -0.310 e. The zero-order valence-electron chi connectivity index (χ0n) is 29.7. The van der Waals surface area contributed by atoms with Gasteiger partial charge in [0.25, 0.3) is 0 Å². The molecule has 0 aliphatic carbocycles. The van der Waals surface area contributed by atoms with Crippen molar-refractivity contribution in [2.24, 2.45) is 0 Å². The predicted octanol–water partition coefficient (Wildman–Crippen LogP) is 14.9. The van der Waals surface area contributed by atoms with E-state index in [9.17, 15) is 0 Å². The molecule has 10 aromatic carbocycles. The second-order valence-corrected chi connectivity index (χ2v) is 13.7. The van der Waals surface area contributed by atoms with E-state index in [1.165, 1.54) is 54.2 Å². The van der Waals surface area contributed by atoms with E-state index in [2.05, 4.69) is 228 Å². The molecule has 0 saturated heterocycles. The third-order valence-electron chi connectivity index (χ3n) is 10.6. The highest BCUT2D eigenvalue weighted by Gasteiger charge is 2.20. The van der Waals surface area contributed by atoms with Gasteiger partial charge in [0.15, 0.2) is 0 Å². The molecule has 0 N–H and O–H groups in total. The molecule has 0 aliphatic heterocycles. The Morgan fingerprint density at radius 1 is 0.259 bits per heavy atom. The lowest BCUT2D eigenvalue weighted by molar-refractivity contribution is 1.29. The molecule has 0 aromatic heterocycles. The molecular weight excluding hydrogens is 653 g/mol. The van der Waals surface area contributed by atoms with Crippen LogP contribution >= 0.6 is 0 Å². The van der Waals surface area contributed by atoms with Gasteiger partial charge in [-0.15, -0.1) is 0 Å². The van der Waals surface area contributed by atoms with Crippen molar-refractivity contribution in [2.45, 2.75) is 0 Å². The highest BCUT2D eigenvalue weighted by atomic mass is 15.1.